The second kappa shape index (κ2) is 7.43. The highest BCUT2D eigenvalue weighted by Gasteiger charge is 2.27. The largest absolute Gasteiger partial charge is 0.441 e. The maximum Gasteiger partial charge on any atom is 0.441 e. The lowest BCUT2D eigenvalue weighted by Crippen LogP contribution is -2.25. The Balaban J connectivity index is 2.00. The van der Waals surface area contributed by atoms with E-state index >= 15 is 0 Å². The molecule has 0 aliphatic carbocycles. The number of alkyl halides is 3. The Kier molecular flexibility index (Phi) is 5.57. The van der Waals surface area contributed by atoms with Crippen molar-refractivity contribution in [2.24, 2.45) is 0 Å². The number of nitrogens with zero attached hydrogens (tertiary/aromatic N) is 5. The van der Waals surface area contributed by atoms with Crippen molar-refractivity contribution in [3.8, 4) is 11.9 Å². The van der Waals surface area contributed by atoms with Crippen molar-refractivity contribution >= 4 is 11.8 Å². The summed E-state index contributed by atoms with van der Waals surface area (Å²) >= 11 is -0.0708. The molecule has 0 spiro atoms. The summed E-state index contributed by atoms with van der Waals surface area (Å²) in [4.78, 5) is 8.24. The van der Waals surface area contributed by atoms with Crippen LogP contribution in [0.1, 0.15) is 24.4 Å². The Bertz CT molecular complexity index is 676. The fourth-order valence-electron chi connectivity index (χ4n) is 1.83. The van der Waals surface area contributed by atoms with Gasteiger partial charge in [0.25, 0.3) is 0 Å². The van der Waals surface area contributed by atoms with Gasteiger partial charge in [0.2, 0.25) is 0 Å². The first kappa shape index (κ1) is 17.2. The van der Waals surface area contributed by atoms with Crippen LogP contribution in [0, 0.1) is 11.3 Å². The molecule has 0 radical (unpaired) electrons. The number of hydrogen-bond acceptors (Lipinski definition) is 6. The summed E-state index contributed by atoms with van der Waals surface area (Å²) in [5.74, 6) is 0.922. The van der Waals surface area contributed by atoms with E-state index in [-0.39, 0.29) is 30.1 Å². The predicted molar refractivity (Wildman–Crippen MR) is 78.8 cm³/mol. The Morgan fingerprint density at radius 3 is 2.78 bits per heavy atom. The van der Waals surface area contributed by atoms with E-state index in [9.17, 15) is 13.2 Å². The summed E-state index contributed by atoms with van der Waals surface area (Å²) in [5, 5.41) is 15.8. The lowest BCUT2D eigenvalue weighted by molar-refractivity contribution is -0.0327. The van der Waals surface area contributed by atoms with Crippen LogP contribution in [-0.4, -0.2) is 37.6 Å². The van der Waals surface area contributed by atoms with E-state index in [0.29, 0.717) is 17.2 Å². The summed E-state index contributed by atoms with van der Waals surface area (Å²) in [6.45, 7) is 1.96. The van der Waals surface area contributed by atoms with E-state index in [1.165, 1.54) is 17.2 Å². The van der Waals surface area contributed by atoms with Crippen molar-refractivity contribution in [2.75, 3.05) is 12.3 Å². The van der Waals surface area contributed by atoms with E-state index in [4.69, 9.17) is 5.26 Å². The molecule has 1 atom stereocenters. The topological polar surface area (TPSA) is 79.4 Å². The molecule has 10 heteroatoms. The fourth-order valence-corrected chi connectivity index (χ4v) is 2.28. The van der Waals surface area contributed by atoms with Gasteiger partial charge >= 0.3 is 5.51 Å². The third-order valence-corrected chi connectivity index (χ3v) is 3.61. The average molecular weight is 342 g/mol. The Morgan fingerprint density at radius 1 is 1.39 bits per heavy atom. The van der Waals surface area contributed by atoms with Crippen LogP contribution in [-0.2, 0) is 0 Å². The molecule has 0 aliphatic heterocycles. The number of pyridine rings is 1. The number of hydrogen-bond donors (Lipinski definition) is 1. The number of aromatic nitrogens is 4. The third-order valence-electron chi connectivity index (χ3n) is 2.87. The van der Waals surface area contributed by atoms with Gasteiger partial charge in [0.05, 0.1) is 11.6 Å². The molecule has 23 heavy (non-hydrogen) atoms. The van der Waals surface area contributed by atoms with Gasteiger partial charge in [0.15, 0.2) is 11.6 Å². The summed E-state index contributed by atoms with van der Waals surface area (Å²) < 4.78 is 37.7. The van der Waals surface area contributed by atoms with Crippen LogP contribution < -0.4 is 5.32 Å². The monoisotopic (exact) mass is 342 g/mol. The number of halogens is 3. The zero-order valence-corrected chi connectivity index (χ0v) is 12.9. The molecule has 0 aromatic carbocycles. The minimum absolute atomic E-state index is 0.0708. The molecule has 0 amide bonds. The van der Waals surface area contributed by atoms with Gasteiger partial charge < -0.3 is 5.32 Å². The van der Waals surface area contributed by atoms with E-state index in [2.05, 4.69) is 20.4 Å². The van der Waals surface area contributed by atoms with Crippen molar-refractivity contribution in [1.29, 1.82) is 5.26 Å². The van der Waals surface area contributed by atoms with Crippen LogP contribution >= 0.6 is 11.8 Å². The number of rotatable bonds is 6. The van der Waals surface area contributed by atoms with Crippen LogP contribution in [0.4, 0.5) is 13.2 Å². The number of thioether (sulfide) groups is 1. The molecule has 0 saturated carbocycles. The van der Waals surface area contributed by atoms with Crippen LogP contribution in [0.3, 0.4) is 0 Å². The fraction of sp³-hybridized carbons (Fsp3) is 0.385. The van der Waals surface area contributed by atoms with E-state index < -0.39 is 5.51 Å². The molecule has 0 fully saturated rings. The number of nitriles is 1. The first-order valence-corrected chi connectivity index (χ1v) is 7.60. The molecular formula is C13H13F3N6S. The van der Waals surface area contributed by atoms with Gasteiger partial charge in [-0.2, -0.15) is 28.2 Å². The first-order valence-electron chi connectivity index (χ1n) is 6.61. The maximum atomic E-state index is 12.1. The minimum atomic E-state index is -4.22. The van der Waals surface area contributed by atoms with Gasteiger partial charge in [-0.1, -0.05) is 0 Å². The van der Waals surface area contributed by atoms with Crippen LogP contribution in [0.5, 0.6) is 0 Å². The predicted octanol–water partition coefficient (Wildman–Crippen LogP) is 2.44. The molecule has 6 nitrogen and oxygen atoms in total. The normalized spacial score (nSPS) is 12.8. The van der Waals surface area contributed by atoms with Crippen molar-refractivity contribution in [3.05, 3.63) is 36.0 Å². The molecule has 122 valence electrons. The quantitative estimate of drug-likeness (QED) is 0.812. The summed E-state index contributed by atoms with van der Waals surface area (Å²) in [5.41, 5.74) is -3.80. The standard InChI is InChI=1S/C13H13F3N6S/c1-9(18-4-5-23-13(14,15)16)12-20-8-21-22(12)11-3-2-10(6-17)7-19-11/h2-3,7-9,18H,4-5H2,1H3. The van der Waals surface area contributed by atoms with Gasteiger partial charge in [-0.05, 0) is 30.8 Å². The van der Waals surface area contributed by atoms with Crippen LogP contribution in [0.2, 0.25) is 0 Å². The molecule has 2 aromatic rings. The smallest absolute Gasteiger partial charge is 0.307 e. The summed E-state index contributed by atoms with van der Waals surface area (Å²) in [6.07, 6.45) is 2.76. The Labute approximate surface area is 134 Å². The zero-order chi connectivity index (χ0) is 16.9. The highest BCUT2D eigenvalue weighted by molar-refractivity contribution is 8.00. The van der Waals surface area contributed by atoms with E-state index in [1.54, 1.807) is 19.1 Å². The number of nitrogens with one attached hydrogen (secondary N) is 1. The highest BCUT2D eigenvalue weighted by Crippen LogP contribution is 2.29. The SMILES string of the molecule is CC(NCCSC(F)(F)F)c1ncnn1-c1ccc(C#N)cn1. The first-order chi connectivity index (χ1) is 10.9. The van der Waals surface area contributed by atoms with Gasteiger partial charge in [-0.3, -0.25) is 0 Å². The molecule has 2 aromatic heterocycles. The van der Waals surface area contributed by atoms with Gasteiger partial charge in [0, 0.05) is 18.5 Å². The van der Waals surface area contributed by atoms with E-state index in [0.717, 1.165) is 0 Å². The highest BCUT2D eigenvalue weighted by atomic mass is 32.2. The molecule has 2 rings (SSSR count). The van der Waals surface area contributed by atoms with Gasteiger partial charge in [-0.15, -0.1) is 0 Å². The molecule has 0 bridgehead atoms. The molecular weight excluding hydrogens is 329 g/mol. The van der Waals surface area contributed by atoms with Crippen molar-refractivity contribution in [1.82, 2.24) is 25.1 Å². The molecule has 1 unspecified atom stereocenters. The van der Waals surface area contributed by atoms with Gasteiger partial charge in [-0.25, -0.2) is 9.97 Å². The minimum Gasteiger partial charge on any atom is -0.307 e. The van der Waals surface area contributed by atoms with Crippen molar-refractivity contribution in [2.45, 2.75) is 18.5 Å². The van der Waals surface area contributed by atoms with Crippen LogP contribution in [0.15, 0.2) is 24.7 Å². The second-order valence-electron chi connectivity index (χ2n) is 4.52. The molecule has 0 saturated heterocycles. The Morgan fingerprint density at radius 2 is 2.17 bits per heavy atom. The third kappa shape index (κ3) is 4.94. The summed E-state index contributed by atoms with van der Waals surface area (Å²) in [7, 11) is 0. The summed E-state index contributed by atoms with van der Waals surface area (Å²) in [6, 6.07) is 4.90. The molecule has 1 N–H and O–H groups in total. The average Bonchev–Trinajstić information content (AvgIpc) is 3.00. The second-order valence-corrected chi connectivity index (χ2v) is 5.68. The Hall–Kier alpha value is -2.12. The zero-order valence-electron chi connectivity index (χ0n) is 12.1. The maximum absolute atomic E-state index is 12.1. The van der Waals surface area contributed by atoms with Gasteiger partial charge in [0.1, 0.15) is 12.4 Å². The van der Waals surface area contributed by atoms with Crippen LogP contribution in [0.25, 0.3) is 5.82 Å². The molecule has 0 aliphatic rings. The lowest BCUT2D eigenvalue weighted by atomic mass is 10.3. The van der Waals surface area contributed by atoms with Crippen molar-refractivity contribution < 1.29 is 13.2 Å². The van der Waals surface area contributed by atoms with Crippen molar-refractivity contribution in [3.63, 3.8) is 0 Å². The van der Waals surface area contributed by atoms with E-state index in [1.807, 2.05) is 6.07 Å². The molecule has 2 heterocycles. The lowest BCUT2D eigenvalue weighted by Gasteiger charge is -2.14.